The third kappa shape index (κ3) is 5.76. The third-order valence-corrected chi connectivity index (χ3v) is 4.04. The summed E-state index contributed by atoms with van der Waals surface area (Å²) in [5, 5.41) is 6.28. The van der Waals surface area contributed by atoms with E-state index in [4.69, 9.17) is 4.74 Å². The number of ketones is 1. The van der Waals surface area contributed by atoms with Crippen LogP contribution in [0.3, 0.4) is 0 Å². The van der Waals surface area contributed by atoms with E-state index in [2.05, 4.69) is 17.6 Å². The second-order valence-electron chi connectivity index (χ2n) is 5.92. The molecular formula is C17H24ClFN2O3. The molecule has 1 aromatic carbocycles. The molecule has 0 aromatic heterocycles. The van der Waals surface area contributed by atoms with Crippen LogP contribution in [0.5, 0.6) is 5.75 Å². The Kier molecular flexibility index (Phi) is 8.15. The summed E-state index contributed by atoms with van der Waals surface area (Å²) >= 11 is 0. The quantitative estimate of drug-likeness (QED) is 0.767. The van der Waals surface area contributed by atoms with Crippen molar-refractivity contribution in [3.05, 3.63) is 29.6 Å². The van der Waals surface area contributed by atoms with Crippen molar-refractivity contribution in [3.8, 4) is 5.75 Å². The molecule has 1 amide bonds. The smallest absolute Gasteiger partial charge is 0.220 e. The van der Waals surface area contributed by atoms with Crippen molar-refractivity contribution in [3.63, 3.8) is 0 Å². The molecule has 5 nitrogen and oxygen atoms in total. The molecule has 1 aliphatic rings. The van der Waals surface area contributed by atoms with Crippen molar-refractivity contribution in [1.82, 2.24) is 10.6 Å². The first-order valence-electron chi connectivity index (χ1n) is 7.89. The minimum atomic E-state index is -0.577. The number of nitrogens with one attached hydrogen (secondary N) is 2. The summed E-state index contributed by atoms with van der Waals surface area (Å²) < 4.78 is 18.4. The van der Waals surface area contributed by atoms with Crippen LogP contribution in [0.15, 0.2) is 18.2 Å². The van der Waals surface area contributed by atoms with Gasteiger partial charge in [0.15, 0.2) is 17.3 Å². The summed E-state index contributed by atoms with van der Waals surface area (Å²) in [7, 11) is 1.37. The minimum absolute atomic E-state index is 0. The molecule has 0 spiro atoms. The second-order valence-corrected chi connectivity index (χ2v) is 5.92. The van der Waals surface area contributed by atoms with E-state index >= 15 is 0 Å². The maximum atomic E-state index is 13.6. The van der Waals surface area contributed by atoms with Crippen LogP contribution < -0.4 is 15.4 Å². The van der Waals surface area contributed by atoms with Crippen molar-refractivity contribution in [2.45, 2.75) is 44.7 Å². The first kappa shape index (κ1) is 20.4. The molecule has 1 fully saturated rings. The third-order valence-electron chi connectivity index (χ3n) is 4.04. The van der Waals surface area contributed by atoms with Gasteiger partial charge in [-0.1, -0.05) is 0 Å². The lowest BCUT2D eigenvalue weighted by Crippen LogP contribution is -2.46. The monoisotopic (exact) mass is 358 g/mol. The number of amides is 1. The van der Waals surface area contributed by atoms with Gasteiger partial charge in [0.25, 0.3) is 0 Å². The van der Waals surface area contributed by atoms with Gasteiger partial charge in [-0.05, 0) is 44.5 Å². The number of ether oxygens (including phenoxy) is 1. The summed E-state index contributed by atoms with van der Waals surface area (Å²) in [4.78, 5) is 24.0. The molecular weight excluding hydrogens is 335 g/mol. The second kappa shape index (κ2) is 9.59. The van der Waals surface area contributed by atoms with Crippen LogP contribution >= 0.6 is 12.4 Å². The highest BCUT2D eigenvalue weighted by atomic mass is 35.5. The number of piperidine rings is 1. The molecule has 24 heavy (non-hydrogen) atoms. The van der Waals surface area contributed by atoms with Gasteiger partial charge in [0, 0.05) is 30.5 Å². The Morgan fingerprint density at radius 2 is 2.12 bits per heavy atom. The molecule has 0 aliphatic carbocycles. The van der Waals surface area contributed by atoms with E-state index in [0.29, 0.717) is 6.04 Å². The van der Waals surface area contributed by atoms with Gasteiger partial charge in [0.1, 0.15) is 0 Å². The molecule has 1 aliphatic heterocycles. The lowest BCUT2D eigenvalue weighted by Gasteiger charge is -2.28. The van der Waals surface area contributed by atoms with E-state index < -0.39 is 5.82 Å². The van der Waals surface area contributed by atoms with Crippen LogP contribution in [-0.2, 0) is 4.79 Å². The highest BCUT2D eigenvalue weighted by Gasteiger charge is 2.20. The summed E-state index contributed by atoms with van der Waals surface area (Å²) in [6.07, 6.45) is 1.97. The lowest BCUT2D eigenvalue weighted by molar-refractivity contribution is -0.122. The van der Waals surface area contributed by atoms with E-state index in [9.17, 15) is 14.0 Å². The standard InChI is InChI=1S/C17H23FN2O3.ClH/c1-11-9-13(7-8-19-11)20-17(22)6-4-15(21)12-3-5-16(23-2)14(18)10-12;/h3,5,10-11,13,19H,4,6-9H2,1-2H3,(H,20,22);1H. The predicted molar refractivity (Wildman–Crippen MR) is 92.4 cm³/mol. The van der Waals surface area contributed by atoms with Gasteiger partial charge in [-0.25, -0.2) is 4.39 Å². The number of carbonyl (C=O) groups excluding carboxylic acids is 2. The Labute approximate surface area is 147 Å². The SMILES string of the molecule is COc1ccc(C(=O)CCC(=O)NC2CCNC(C)C2)cc1F.Cl. The highest BCUT2D eigenvalue weighted by molar-refractivity contribution is 5.98. The van der Waals surface area contributed by atoms with Crippen LogP contribution in [0.25, 0.3) is 0 Å². The average molecular weight is 359 g/mol. The van der Waals surface area contributed by atoms with E-state index in [1.807, 2.05) is 0 Å². The molecule has 7 heteroatoms. The number of hydrogen-bond acceptors (Lipinski definition) is 4. The van der Waals surface area contributed by atoms with Crippen molar-refractivity contribution >= 4 is 24.1 Å². The number of halogens is 2. The Hall–Kier alpha value is -1.66. The molecule has 1 saturated heterocycles. The number of benzene rings is 1. The van der Waals surface area contributed by atoms with Gasteiger partial charge in [-0.2, -0.15) is 0 Å². The zero-order valence-electron chi connectivity index (χ0n) is 13.9. The van der Waals surface area contributed by atoms with Crippen LogP contribution in [0.4, 0.5) is 4.39 Å². The van der Waals surface area contributed by atoms with Gasteiger partial charge >= 0.3 is 0 Å². The summed E-state index contributed by atoms with van der Waals surface area (Å²) in [5.74, 6) is -0.863. The molecule has 2 unspecified atom stereocenters. The minimum Gasteiger partial charge on any atom is -0.494 e. The maximum absolute atomic E-state index is 13.6. The zero-order chi connectivity index (χ0) is 16.8. The van der Waals surface area contributed by atoms with Crippen molar-refractivity contribution < 1.29 is 18.7 Å². The van der Waals surface area contributed by atoms with Crippen molar-refractivity contribution in [2.24, 2.45) is 0 Å². The van der Waals surface area contributed by atoms with E-state index in [1.165, 1.54) is 19.2 Å². The topological polar surface area (TPSA) is 67.4 Å². The zero-order valence-corrected chi connectivity index (χ0v) is 14.7. The van der Waals surface area contributed by atoms with Gasteiger partial charge in [0.05, 0.1) is 7.11 Å². The van der Waals surface area contributed by atoms with E-state index in [0.717, 1.165) is 25.5 Å². The first-order valence-corrected chi connectivity index (χ1v) is 7.89. The molecule has 134 valence electrons. The fourth-order valence-electron chi connectivity index (χ4n) is 2.77. The van der Waals surface area contributed by atoms with Crippen molar-refractivity contribution in [1.29, 1.82) is 0 Å². The molecule has 1 aromatic rings. The number of Topliss-reactive ketones (excluding diaryl/α,β-unsaturated/α-hetero) is 1. The Morgan fingerprint density at radius 1 is 1.38 bits per heavy atom. The molecule has 1 heterocycles. The molecule has 2 atom stereocenters. The highest BCUT2D eigenvalue weighted by Crippen LogP contribution is 2.19. The molecule has 0 radical (unpaired) electrons. The molecule has 2 N–H and O–H groups in total. The number of rotatable bonds is 6. The van der Waals surface area contributed by atoms with Crippen LogP contribution in [0.1, 0.15) is 43.0 Å². The maximum Gasteiger partial charge on any atom is 0.220 e. The van der Waals surface area contributed by atoms with Crippen LogP contribution in [0, 0.1) is 5.82 Å². The van der Waals surface area contributed by atoms with Gasteiger partial charge < -0.3 is 15.4 Å². The first-order chi connectivity index (χ1) is 11.0. The normalized spacial score (nSPS) is 20.0. The van der Waals surface area contributed by atoms with E-state index in [1.54, 1.807) is 0 Å². The Balaban J connectivity index is 0.00000288. The van der Waals surface area contributed by atoms with Crippen LogP contribution in [0.2, 0.25) is 0 Å². The van der Waals surface area contributed by atoms with E-state index in [-0.39, 0.29) is 54.3 Å². The predicted octanol–water partition coefficient (Wildman–Crippen LogP) is 2.48. The van der Waals surface area contributed by atoms with Crippen molar-refractivity contribution in [2.75, 3.05) is 13.7 Å². The Morgan fingerprint density at radius 3 is 2.75 bits per heavy atom. The number of carbonyl (C=O) groups is 2. The van der Waals surface area contributed by atoms with Gasteiger partial charge in [-0.15, -0.1) is 12.4 Å². The van der Waals surface area contributed by atoms with Gasteiger partial charge in [0.2, 0.25) is 5.91 Å². The van der Waals surface area contributed by atoms with Gasteiger partial charge in [-0.3, -0.25) is 9.59 Å². The largest absolute Gasteiger partial charge is 0.494 e. The lowest BCUT2D eigenvalue weighted by atomic mass is 10.00. The Bertz CT molecular complexity index is 583. The van der Waals surface area contributed by atoms with Crippen LogP contribution in [-0.4, -0.2) is 37.4 Å². The number of methoxy groups -OCH3 is 1. The summed E-state index contributed by atoms with van der Waals surface area (Å²) in [6.45, 7) is 2.97. The fraction of sp³-hybridized carbons (Fsp3) is 0.529. The molecule has 0 saturated carbocycles. The fourth-order valence-corrected chi connectivity index (χ4v) is 2.77. The average Bonchev–Trinajstić information content (AvgIpc) is 2.52. The summed E-state index contributed by atoms with van der Waals surface area (Å²) in [5.41, 5.74) is 0.256. The summed E-state index contributed by atoms with van der Waals surface area (Å²) in [6, 6.07) is 4.62. The molecule has 0 bridgehead atoms. The molecule has 2 rings (SSSR count). The number of hydrogen-bond donors (Lipinski definition) is 2.